The molecule has 134 valence electrons. The highest BCUT2D eigenvalue weighted by Gasteiger charge is 2.23. The first-order chi connectivity index (χ1) is 12.6. The maximum atomic E-state index is 12.3. The maximum absolute atomic E-state index is 12.3. The van der Waals surface area contributed by atoms with Gasteiger partial charge in [0.25, 0.3) is 5.91 Å². The van der Waals surface area contributed by atoms with Gasteiger partial charge in [0.2, 0.25) is 5.76 Å². The van der Waals surface area contributed by atoms with Gasteiger partial charge in [0.15, 0.2) is 6.61 Å². The van der Waals surface area contributed by atoms with Crippen LogP contribution in [0.1, 0.15) is 23.0 Å². The van der Waals surface area contributed by atoms with E-state index in [0.717, 1.165) is 5.56 Å². The van der Waals surface area contributed by atoms with Gasteiger partial charge in [0.1, 0.15) is 17.0 Å². The number of anilines is 1. The number of nitrogens with one attached hydrogen (secondary N) is 1. The van der Waals surface area contributed by atoms with Crippen LogP contribution >= 0.6 is 0 Å². The van der Waals surface area contributed by atoms with Crippen LogP contribution in [0.15, 0.2) is 52.9 Å². The molecule has 0 saturated heterocycles. The van der Waals surface area contributed by atoms with Gasteiger partial charge in [-0.15, -0.1) is 0 Å². The van der Waals surface area contributed by atoms with Gasteiger partial charge in [-0.25, -0.2) is 4.79 Å². The lowest BCUT2D eigenvalue weighted by molar-refractivity contribution is -0.118. The average molecular weight is 353 g/mol. The monoisotopic (exact) mass is 353 g/mol. The quantitative estimate of drug-likeness (QED) is 0.679. The van der Waals surface area contributed by atoms with E-state index >= 15 is 0 Å². The van der Waals surface area contributed by atoms with Crippen LogP contribution in [0.2, 0.25) is 0 Å². The zero-order valence-corrected chi connectivity index (χ0v) is 14.6. The standard InChI is InChI=1S/C20H19NO5/c1-3-24-20(23)19-18(15-9-4-5-10-16(15)26-19)21-17(22)12-25-14-8-6-7-13(2)11-14/h4-11H,3,12H2,1-2H3,(H,21,22). The van der Waals surface area contributed by atoms with E-state index in [1.54, 1.807) is 37.3 Å². The first-order valence-electron chi connectivity index (χ1n) is 8.26. The Morgan fingerprint density at radius 3 is 2.69 bits per heavy atom. The van der Waals surface area contributed by atoms with E-state index in [4.69, 9.17) is 13.9 Å². The number of furan rings is 1. The average Bonchev–Trinajstić information content (AvgIpc) is 2.99. The largest absolute Gasteiger partial charge is 0.484 e. The Labute approximate surface area is 150 Å². The van der Waals surface area contributed by atoms with Crippen molar-refractivity contribution in [3.8, 4) is 5.75 Å². The molecule has 1 aromatic heterocycles. The lowest BCUT2D eigenvalue weighted by Crippen LogP contribution is -2.21. The van der Waals surface area contributed by atoms with Gasteiger partial charge in [-0.05, 0) is 43.7 Å². The van der Waals surface area contributed by atoms with Gasteiger partial charge in [-0.2, -0.15) is 0 Å². The third-order valence-corrected chi connectivity index (χ3v) is 3.68. The fraction of sp³-hybridized carbons (Fsp3) is 0.200. The Morgan fingerprint density at radius 1 is 1.12 bits per heavy atom. The van der Waals surface area contributed by atoms with Crippen molar-refractivity contribution in [1.82, 2.24) is 0 Å². The van der Waals surface area contributed by atoms with Crippen molar-refractivity contribution in [3.63, 3.8) is 0 Å². The molecule has 0 saturated carbocycles. The fourth-order valence-corrected chi connectivity index (χ4v) is 2.54. The molecular formula is C20H19NO5. The summed E-state index contributed by atoms with van der Waals surface area (Å²) in [5.41, 5.74) is 1.82. The summed E-state index contributed by atoms with van der Waals surface area (Å²) < 4.78 is 16.1. The summed E-state index contributed by atoms with van der Waals surface area (Å²) >= 11 is 0. The molecule has 3 aromatic rings. The summed E-state index contributed by atoms with van der Waals surface area (Å²) in [6.07, 6.45) is 0. The van der Waals surface area contributed by atoms with Gasteiger partial charge >= 0.3 is 5.97 Å². The zero-order chi connectivity index (χ0) is 18.5. The summed E-state index contributed by atoms with van der Waals surface area (Å²) in [5.74, 6) is -0.456. The second-order valence-electron chi connectivity index (χ2n) is 5.68. The molecule has 0 unspecified atom stereocenters. The molecule has 6 heteroatoms. The van der Waals surface area contributed by atoms with E-state index in [1.807, 2.05) is 25.1 Å². The molecule has 6 nitrogen and oxygen atoms in total. The van der Waals surface area contributed by atoms with E-state index in [1.165, 1.54) is 0 Å². The molecule has 0 aliphatic carbocycles. The summed E-state index contributed by atoms with van der Waals surface area (Å²) in [5, 5.41) is 3.32. The molecule has 1 heterocycles. The van der Waals surface area contributed by atoms with Gasteiger partial charge in [0.05, 0.1) is 6.61 Å². The number of hydrogen-bond acceptors (Lipinski definition) is 5. The molecule has 0 aliphatic heterocycles. The van der Waals surface area contributed by atoms with Crippen LogP contribution in [0.4, 0.5) is 5.69 Å². The minimum absolute atomic E-state index is 0.0306. The normalized spacial score (nSPS) is 10.5. The molecule has 0 spiro atoms. The SMILES string of the molecule is CCOC(=O)c1oc2ccccc2c1NC(=O)COc1cccc(C)c1. The summed E-state index contributed by atoms with van der Waals surface area (Å²) in [6, 6.07) is 14.5. The third kappa shape index (κ3) is 3.85. The Morgan fingerprint density at radius 2 is 1.92 bits per heavy atom. The lowest BCUT2D eigenvalue weighted by atomic mass is 10.2. The number of hydrogen-bond donors (Lipinski definition) is 1. The molecule has 0 fully saturated rings. The number of carbonyl (C=O) groups excluding carboxylic acids is 2. The number of benzene rings is 2. The highest BCUT2D eigenvalue weighted by Crippen LogP contribution is 2.31. The number of para-hydroxylation sites is 1. The van der Waals surface area contributed by atoms with Crippen LogP contribution in [-0.4, -0.2) is 25.1 Å². The summed E-state index contributed by atoms with van der Waals surface area (Å²) in [7, 11) is 0. The molecule has 0 aliphatic rings. The zero-order valence-electron chi connectivity index (χ0n) is 14.6. The number of fused-ring (bicyclic) bond motifs is 1. The molecule has 0 bridgehead atoms. The van der Waals surface area contributed by atoms with E-state index in [2.05, 4.69) is 5.32 Å². The highest BCUT2D eigenvalue weighted by atomic mass is 16.5. The van der Waals surface area contributed by atoms with Crippen molar-refractivity contribution in [2.24, 2.45) is 0 Å². The van der Waals surface area contributed by atoms with Gasteiger partial charge < -0.3 is 19.2 Å². The minimum Gasteiger partial charge on any atom is -0.484 e. The van der Waals surface area contributed by atoms with Gasteiger partial charge in [-0.1, -0.05) is 24.3 Å². The maximum Gasteiger partial charge on any atom is 0.376 e. The number of amides is 1. The molecule has 2 aromatic carbocycles. The van der Waals surface area contributed by atoms with Crippen LogP contribution in [0.25, 0.3) is 11.0 Å². The second-order valence-corrected chi connectivity index (χ2v) is 5.68. The fourth-order valence-electron chi connectivity index (χ4n) is 2.54. The second kappa shape index (κ2) is 7.74. The molecule has 1 N–H and O–H groups in total. The topological polar surface area (TPSA) is 77.8 Å². The first-order valence-corrected chi connectivity index (χ1v) is 8.26. The predicted molar refractivity (Wildman–Crippen MR) is 97.5 cm³/mol. The van der Waals surface area contributed by atoms with Crippen LogP contribution < -0.4 is 10.1 Å². The van der Waals surface area contributed by atoms with E-state index < -0.39 is 11.9 Å². The molecule has 1 amide bonds. The molecule has 0 atom stereocenters. The number of aryl methyl sites for hydroxylation is 1. The Bertz CT molecular complexity index is 944. The van der Waals surface area contributed by atoms with E-state index in [9.17, 15) is 9.59 Å². The van der Waals surface area contributed by atoms with Crippen molar-refractivity contribution in [3.05, 3.63) is 59.9 Å². The minimum atomic E-state index is -0.626. The van der Waals surface area contributed by atoms with Crippen LogP contribution in [0.3, 0.4) is 0 Å². The van der Waals surface area contributed by atoms with Crippen LogP contribution in [0, 0.1) is 6.92 Å². The highest BCUT2D eigenvalue weighted by molar-refractivity contribution is 6.09. The van der Waals surface area contributed by atoms with Crippen molar-refractivity contribution < 1.29 is 23.5 Å². The van der Waals surface area contributed by atoms with Gasteiger partial charge in [0, 0.05) is 5.39 Å². The smallest absolute Gasteiger partial charge is 0.376 e. The molecular weight excluding hydrogens is 334 g/mol. The van der Waals surface area contributed by atoms with Gasteiger partial charge in [-0.3, -0.25) is 4.79 Å². The number of esters is 1. The first kappa shape index (κ1) is 17.5. The van der Waals surface area contributed by atoms with Crippen molar-refractivity contribution in [2.75, 3.05) is 18.5 Å². The van der Waals surface area contributed by atoms with Crippen molar-refractivity contribution >= 4 is 28.5 Å². The Kier molecular flexibility index (Phi) is 5.22. The molecule has 3 rings (SSSR count). The van der Waals surface area contributed by atoms with Crippen molar-refractivity contribution in [2.45, 2.75) is 13.8 Å². The van der Waals surface area contributed by atoms with Crippen LogP contribution in [-0.2, 0) is 9.53 Å². The van der Waals surface area contributed by atoms with E-state index in [0.29, 0.717) is 16.7 Å². The lowest BCUT2D eigenvalue weighted by Gasteiger charge is -2.08. The Hall–Kier alpha value is -3.28. The third-order valence-electron chi connectivity index (χ3n) is 3.68. The number of rotatable bonds is 6. The summed E-state index contributed by atoms with van der Waals surface area (Å²) in [4.78, 5) is 24.5. The summed E-state index contributed by atoms with van der Waals surface area (Å²) in [6.45, 7) is 3.66. The molecule has 26 heavy (non-hydrogen) atoms. The number of ether oxygens (including phenoxy) is 2. The van der Waals surface area contributed by atoms with Crippen molar-refractivity contribution in [1.29, 1.82) is 0 Å². The Balaban J connectivity index is 1.79. The molecule has 0 radical (unpaired) electrons. The van der Waals surface area contributed by atoms with Crippen LogP contribution in [0.5, 0.6) is 5.75 Å². The van der Waals surface area contributed by atoms with E-state index in [-0.39, 0.29) is 24.7 Å². The number of carbonyl (C=O) groups is 2. The predicted octanol–water partition coefficient (Wildman–Crippen LogP) is 3.94.